The van der Waals surface area contributed by atoms with Gasteiger partial charge in [-0.2, -0.15) is 0 Å². The van der Waals surface area contributed by atoms with Crippen LogP contribution in [0.3, 0.4) is 0 Å². The minimum absolute atomic E-state index is 0.759. The number of aliphatic imine (C=N–C) groups is 1. The second kappa shape index (κ2) is 8.10. The van der Waals surface area contributed by atoms with E-state index >= 15 is 0 Å². The van der Waals surface area contributed by atoms with Gasteiger partial charge in [-0.3, -0.25) is 9.39 Å². The molecule has 124 valence electrons. The Morgan fingerprint density at radius 3 is 2.71 bits per heavy atom. The first-order valence-corrected chi connectivity index (χ1v) is 8.14. The van der Waals surface area contributed by atoms with Gasteiger partial charge >= 0.3 is 0 Å². The van der Waals surface area contributed by atoms with Crippen LogP contribution in [-0.2, 0) is 13.0 Å². The van der Waals surface area contributed by atoms with Crippen LogP contribution in [-0.4, -0.2) is 34.2 Å². The van der Waals surface area contributed by atoms with Crippen molar-refractivity contribution >= 4 is 11.6 Å². The smallest absolute Gasteiger partial charge is 0.191 e. The molecule has 3 aromatic rings. The summed E-state index contributed by atoms with van der Waals surface area (Å²) in [4.78, 5) is 4.25. The van der Waals surface area contributed by atoms with E-state index in [1.807, 2.05) is 47.0 Å². The van der Waals surface area contributed by atoms with E-state index in [2.05, 4.69) is 38.0 Å². The van der Waals surface area contributed by atoms with E-state index in [-0.39, 0.29) is 0 Å². The lowest BCUT2D eigenvalue weighted by Crippen LogP contribution is -2.37. The highest BCUT2D eigenvalue weighted by Crippen LogP contribution is 2.04. The average molecular weight is 322 g/mol. The van der Waals surface area contributed by atoms with Crippen molar-refractivity contribution in [3.05, 3.63) is 66.1 Å². The van der Waals surface area contributed by atoms with E-state index in [0.717, 1.165) is 43.4 Å². The maximum absolute atomic E-state index is 4.25. The second-order valence-electron chi connectivity index (χ2n) is 5.49. The molecule has 0 aliphatic carbocycles. The van der Waals surface area contributed by atoms with Crippen LogP contribution in [0.1, 0.15) is 17.8 Å². The first-order valence-electron chi connectivity index (χ1n) is 8.14. The summed E-state index contributed by atoms with van der Waals surface area (Å²) in [6.07, 6.45) is 3.83. The maximum Gasteiger partial charge on any atom is 0.191 e. The zero-order valence-corrected chi connectivity index (χ0v) is 13.8. The highest BCUT2D eigenvalue weighted by atomic mass is 15.2. The molecule has 24 heavy (non-hydrogen) atoms. The third kappa shape index (κ3) is 4.10. The molecule has 0 aliphatic heterocycles. The lowest BCUT2D eigenvalue weighted by molar-refractivity contribution is 0.714. The van der Waals surface area contributed by atoms with E-state index in [1.165, 1.54) is 5.56 Å². The Morgan fingerprint density at radius 2 is 1.88 bits per heavy atom. The van der Waals surface area contributed by atoms with Crippen LogP contribution in [0.25, 0.3) is 5.65 Å². The van der Waals surface area contributed by atoms with Crippen molar-refractivity contribution < 1.29 is 0 Å². The summed E-state index contributed by atoms with van der Waals surface area (Å²) in [7, 11) is 1.78. The number of aromatic nitrogens is 3. The van der Waals surface area contributed by atoms with Crippen LogP contribution in [0.4, 0.5) is 0 Å². The van der Waals surface area contributed by atoms with Crippen molar-refractivity contribution in [2.75, 3.05) is 13.6 Å². The fraction of sp³-hybridized carbons (Fsp3) is 0.278. The molecule has 0 bridgehead atoms. The number of benzene rings is 1. The molecular weight excluding hydrogens is 300 g/mol. The molecule has 0 radical (unpaired) electrons. The monoisotopic (exact) mass is 322 g/mol. The Hall–Kier alpha value is -2.89. The summed E-state index contributed by atoms with van der Waals surface area (Å²) < 4.78 is 2.03. The van der Waals surface area contributed by atoms with E-state index in [4.69, 9.17) is 0 Å². The van der Waals surface area contributed by atoms with Crippen molar-refractivity contribution in [3.63, 3.8) is 0 Å². The normalized spacial score (nSPS) is 11.6. The Bertz CT molecular complexity index is 793. The van der Waals surface area contributed by atoms with Crippen molar-refractivity contribution in [2.24, 2.45) is 4.99 Å². The predicted octanol–water partition coefficient (Wildman–Crippen LogP) is 2.03. The molecule has 0 fully saturated rings. The van der Waals surface area contributed by atoms with Gasteiger partial charge in [0.05, 0.1) is 0 Å². The molecule has 2 heterocycles. The third-order valence-electron chi connectivity index (χ3n) is 3.78. The largest absolute Gasteiger partial charge is 0.356 e. The van der Waals surface area contributed by atoms with Gasteiger partial charge in [0.1, 0.15) is 5.82 Å². The number of hydrogen-bond acceptors (Lipinski definition) is 3. The first-order chi connectivity index (χ1) is 11.9. The summed E-state index contributed by atoms with van der Waals surface area (Å²) in [6, 6.07) is 16.2. The molecule has 0 unspecified atom stereocenters. The SMILES string of the molecule is CN=C(NCCCc1nnc2ccccn12)NCc1ccccc1. The highest BCUT2D eigenvalue weighted by molar-refractivity contribution is 5.79. The molecular formula is C18H22N6. The number of pyridine rings is 1. The van der Waals surface area contributed by atoms with Crippen molar-refractivity contribution in [2.45, 2.75) is 19.4 Å². The number of aryl methyl sites for hydroxylation is 1. The van der Waals surface area contributed by atoms with Gasteiger partial charge in [-0.05, 0) is 24.1 Å². The summed E-state index contributed by atoms with van der Waals surface area (Å²) >= 11 is 0. The minimum atomic E-state index is 0.759. The second-order valence-corrected chi connectivity index (χ2v) is 5.49. The Kier molecular flexibility index (Phi) is 5.40. The molecule has 6 heteroatoms. The zero-order chi connectivity index (χ0) is 16.6. The summed E-state index contributed by atoms with van der Waals surface area (Å²) in [5, 5.41) is 15.1. The molecule has 0 aliphatic rings. The highest BCUT2D eigenvalue weighted by Gasteiger charge is 2.04. The van der Waals surface area contributed by atoms with Gasteiger partial charge in [-0.15, -0.1) is 10.2 Å². The first kappa shape index (κ1) is 16.0. The van der Waals surface area contributed by atoms with Gasteiger partial charge in [-0.25, -0.2) is 0 Å². The van der Waals surface area contributed by atoms with Gasteiger partial charge in [0.2, 0.25) is 0 Å². The van der Waals surface area contributed by atoms with Gasteiger partial charge < -0.3 is 10.6 Å². The Balaban J connectivity index is 1.43. The predicted molar refractivity (Wildman–Crippen MR) is 96.0 cm³/mol. The number of fused-ring (bicyclic) bond motifs is 1. The molecule has 2 aromatic heterocycles. The van der Waals surface area contributed by atoms with E-state index < -0.39 is 0 Å². The minimum Gasteiger partial charge on any atom is -0.356 e. The average Bonchev–Trinajstić information content (AvgIpc) is 3.05. The molecule has 0 saturated carbocycles. The molecule has 0 saturated heterocycles. The fourth-order valence-electron chi connectivity index (χ4n) is 2.52. The summed E-state index contributed by atoms with van der Waals surface area (Å²) in [5.41, 5.74) is 2.12. The van der Waals surface area contributed by atoms with Crippen LogP contribution < -0.4 is 10.6 Å². The quantitative estimate of drug-likeness (QED) is 0.414. The third-order valence-corrected chi connectivity index (χ3v) is 3.78. The number of hydrogen-bond donors (Lipinski definition) is 2. The van der Waals surface area contributed by atoms with E-state index in [1.54, 1.807) is 7.05 Å². The van der Waals surface area contributed by atoms with Crippen LogP contribution in [0.15, 0.2) is 59.7 Å². The molecule has 0 spiro atoms. The number of nitrogens with zero attached hydrogens (tertiary/aromatic N) is 4. The van der Waals surface area contributed by atoms with Crippen molar-refractivity contribution in [3.8, 4) is 0 Å². The summed E-state index contributed by atoms with van der Waals surface area (Å²) in [6.45, 7) is 1.59. The maximum atomic E-state index is 4.25. The lowest BCUT2D eigenvalue weighted by atomic mass is 10.2. The van der Waals surface area contributed by atoms with Crippen LogP contribution in [0, 0.1) is 0 Å². The van der Waals surface area contributed by atoms with Crippen LogP contribution >= 0.6 is 0 Å². The van der Waals surface area contributed by atoms with Crippen LogP contribution in [0.2, 0.25) is 0 Å². The Labute approximate surface area is 141 Å². The summed E-state index contributed by atoms with van der Waals surface area (Å²) in [5.74, 6) is 1.80. The number of guanidine groups is 1. The van der Waals surface area contributed by atoms with Gasteiger partial charge in [-0.1, -0.05) is 36.4 Å². The molecule has 6 nitrogen and oxygen atoms in total. The number of nitrogens with one attached hydrogen (secondary N) is 2. The van der Waals surface area contributed by atoms with Gasteiger partial charge in [0.25, 0.3) is 0 Å². The van der Waals surface area contributed by atoms with Gasteiger partial charge in [0, 0.05) is 32.8 Å². The fourth-order valence-corrected chi connectivity index (χ4v) is 2.52. The lowest BCUT2D eigenvalue weighted by Gasteiger charge is -2.11. The zero-order valence-electron chi connectivity index (χ0n) is 13.8. The van der Waals surface area contributed by atoms with Crippen molar-refractivity contribution in [1.82, 2.24) is 25.2 Å². The van der Waals surface area contributed by atoms with E-state index in [0.29, 0.717) is 0 Å². The molecule has 3 rings (SSSR count). The van der Waals surface area contributed by atoms with E-state index in [9.17, 15) is 0 Å². The van der Waals surface area contributed by atoms with Crippen LogP contribution in [0.5, 0.6) is 0 Å². The molecule has 0 atom stereocenters. The number of rotatable bonds is 6. The molecule has 2 N–H and O–H groups in total. The standard InChI is InChI=1S/C18H22N6/c1-19-18(21-14-15-8-3-2-4-9-15)20-12-7-11-17-23-22-16-10-5-6-13-24(16)17/h2-6,8-10,13H,7,11-12,14H2,1H3,(H2,19,20,21). The Morgan fingerprint density at radius 1 is 1.04 bits per heavy atom. The topological polar surface area (TPSA) is 66.6 Å². The molecule has 0 amide bonds. The van der Waals surface area contributed by atoms with Crippen molar-refractivity contribution in [1.29, 1.82) is 0 Å². The van der Waals surface area contributed by atoms with Gasteiger partial charge in [0.15, 0.2) is 11.6 Å². The molecule has 1 aromatic carbocycles.